The van der Waals surface area contributed by atoms with Gasteiger partial charge in [0, 0.05) is 32.6 Å². The Bertz CT molecular complexity index is 558. The van der Waals surface area contributed by atoms with Crippen LogP contribution in [0.4, 0.5) is 0 Å². The summed E-state index contributed by atoms with van der Waals surface area (Å²) in [4.78, 5) is 16.9. The zero-order valence-electron chi connectivity index (χ0n) is 15.0. The molecule has 2 saturated heterocycles. The highest BCUT2D eigenvalue weighted by molar-refractivity contribution is 5.76. The molecular weight excluding hydrogens is 316 g/mol. The number of morpholine rings is 1. The fourth-order valence-electron chi connectivity index (χ4n) is 3.85. The highest BCUT2D eigenvalue weighted by Gasteiger charge is 2.26. The molecule has 0 saturated carbocycles. The first-order valence-electron chi connectivity index (χ1n) is 9.51. The van der Waals surface area contributed by atoms with Gasteiger partial charge in [-0.3, -0.25) is 9.69 Å². The molecule has 2 aliphatic heterocycles. The quantitative estimate of drug-likeness (QED) is 0.816. The number of hydrogen-bond acceptors (Lipinski definition) is 4. The molecule has 1 amide bonds. The van der Waals surface area contributed by atoms with Gasteiger partial charge in [0.1, 0.15) is 0 Å². The SMILES string of the molecule is O=C(CCCN1CCOCC1)N1CC[C@H](Cc2cccc(CO)c2)C1. The van der Waals surface area contributed by atoms with Crippen LogP contribution in [-0.2, 0) is 22.6 Å². The van der Waals surface area contributed by atoms with Gasteiger partial charge in [-0.25, -0.2) is 0 Å². The fraction of sp³-hybridized carbons (Fsp3) is 0.650. The van der Waals surface area contributed by atoms with Crippen molar-refractivity contribution < 1.29 is 14.6 Å². The van der Waals surface area contributed by atoms with E-state index in [4.69, 9.17) is 4.74 Å². The highest BCUT2D eigenvalue weighted by atomic mass is 16.5. The Hall–Kier alpha value is -1.43. The molecule has 0 spiro atoms. The van der Waals surface area contributed by atoms with Gasteiger partial charge in [-0.15, -0.1) is 0 Å². The molecule has 138 valence electrons. The zero-order chi connectivity index (χ0) is 17.5. The Morgan fingerprint density at radius 1 is 1.20 bits per heavy atom. The van der Waals surface area contributed by atoms with Crippen molar-refractivity contribution in [2.45, 2.75) is 32.3 Å². The lowest BCUT2D eigenvalue weighted by Crippen LogP contribution is -2.37. The van der Waals surface area contributed by atoms with Crippen molar-refractivity contribution in [2.75, 3.05) is 45.9 Å². The Morgan fingerprint density at radius 3 is 2.80 bits per heavy atom. The summed E-state index contributed by atoms with van der Waals surface area (Å²) >= 11 is 0. The second-order valence-corrected chi connectivity index (χ2v) is 7.23. The predicted molar refractivity (Wildman–Crippen MR) is 97.2 cm³/mol. The topological polar surface area (TPSA) is 53.0 Å². The minimum atomic E-state index is 0.0895. The number of aliphatic hydroxyl groups is 1. The number of likely N-dealkylation sites (tertiary alicyclic amines) is 1. The average Bonchev–Trinajstić information content (AvgIpc) is 3.11. The Kier molecular flexibility index (Phi) is 6.84. The summed E-state index contributed by atoms with van der Waals surface area (Å²) in [6.45, 7) is 6.48. The van der Waals surface area contributed by atoms with Crippen molar-refractivity contribution in [3.63, 3.8) is 0 Å². The van der Waals surface area contributed by atoms with E-state index in [1.807, 2.05) is 17.0 Å². The van der Waals surface area contributed by atoms with E-state index in [-0.39, 0.29) is 6.61 Å². The summed E-state index contributed by atoms with van der Waals surface area (Å²) < 4.78 is 5.35. The molecule has 5 heteroatoms. The number of nitrogens with zero attached hydrogens (tertiary/aromatic N) is 2. The van der Waals surface area contributed by atoms with E-state index >= 15 is 0 Å². The Balaban J connectivity index is 1.38. The number of rotatable bonds is 7. The normalized spacial score (nSPS) is 21.6. The van der Waals surface area contributed by atoms with Crippen LogP contribution in [0.2, 0.25) is 0 Å². The van der Waals surface area contributed by atoms with Gasteiger partial charge in [0.15, 0.2) is 0 Å². The van der Waals surface area contributed by atoms with Crippen molar-refractivity contribution in [2.24, 2.45) is 5.92 Å². The molecular formula is C20H30N2O3. The molecule has 0 aliphatic carbocycles. The van der Waals surface area contributed by atoms with Gasteiger partial charge in [0.05, 0.1) is 19.8 Å². The van der Waals surface area contributed by atoms with Crippen LogP contribution in [0.3, 0.4) is 0 Å². The van der Waals surface area contributed by atoms with Gasteiger partial charge < -0.3 is 14.7 Å². The molecule has 0 aromatic heterocycles. The maximum atomic E-state index is 12.4. The van der Waals surface area contributed by atoms with E-state index in [9.17, 15) is 9.90 Å². The van der Waals surface area contributed by atoms with Crippen LogP contribution in [0.15, 0.2) is 24.3 Å². The van der Waals surface area contributed by atoms with Gasteiger partial charge in [-0.05, 0) is 42.9 Å². The van der Waals surface area contributed by atoms with Crippen LogP contribution in [0.5, 0.6) is 0 Å². The van der Waals surface area contributed by atoms with E-state index < -0.39 is 0 Å². The molecule has 3 rings (SSSR count). The first-order chi connectivity index (χ1) is 12.2. The molecule has 5 nitrogen and oxygen atoms in total. The molecule has 0 unspecified atom stereocenters. The molecule has 1 atom stereocenters. The van der Waals surface area contributed by atoms with E-state index in [1.165, 1.54) is 5.56 Å². The van der Waals surface area contributed by atoms with Crippen molar-refractivity contribution in [1.82, 2.24) is 9.80 Å². The largest absolute Gasteiger partial charge is 0.392 e. The lowest BCUT2D eigenvalue weighted by Gasteiger charge is -2.26. The van der Waals surface area contributed by atoms with E-state index in [2.05, 4.69) is 17.0 Å². The van der Waals surface area contributed by atoms with Crippen LogP contribution < -0.4 is 0 Å². The number of ether oxygens (including phenoxy) is 1. The third-order valence-electron chi connectivity index (χ3n) is 5.31. The maximum absolute atomic E-state index is 12.4. The second-order valence-electron chi connectivity index (χ2n) is 7.23. The van der Waals surface area contributed by atoms with Crippen molar-refractivity contribution in [1.29, 1.82) is 0 Å². The second kappa shape index (κ2) is 9.32. The average molecular weight is 346 g/mol. The van der Waals surface area contributed by atoms with E-state index in [1.54, 1.807) is 0 Å². The summed E-state index contributed by atoms with van der Waals surface area (Å²) in [7, 11) is 0. The number of carbonyl (C=O) groups excluding carboxylic acids is 1. The minimum Gasteiger partial charge on any atom is -0.392 e. The molecule has 2 aliphatic rings. The van der Waals surface area contributed by atoms with E-state index in [0.29, 0.717) is 18.2 Å². The van der Waals surface area contributed by atoms with Crippen molar-refractivity contribution in [3.05, 3.63) is 35.4 Å². The molecule has 0 radical (unpaired) electrons. The van der Waals surface area contributed by atoms with Gasteiger partial charge in [-0.1, -0.05) is 24.3 Å². The number of hydrogen-bond donors (Lipinski definition) is 1. The zero-order valence-corrected chi connectivity index (χ0v) is 15.0. The van der Waals surface area contributed by atoms with E-state index in [0.717, 1.165) is 70.8 Å². The molecule has 2 heterocycles. The van der Waals surface area contributed by atoms with Gasteiger partial charge >= 0.3 is 0 Å². The van der Waals surface area contributed by atoms with Crippen LogP contribution in [0, 0.1) is 5.92 Å². The standard InChI is InChI=1S/C20H30N2O3/c23-16-19-4-1-3-17(14-19)13-18-6-8-22(15-18)20(24)5-2-7-21-9-11-25-12-10-21/h1,3-4,14,18,23H,2,5-13,15-16H2/t18-/m1/s1. The van der Waals surface area contributed by atoms with Crippen molar-refractivity contribution in [3.8, 4) is 0 Å². The number of carbonyl (C=O) groups is 1. The first-order valence-corrected chi connectivity index (χ1v) is 9.51. The van der Waals surface area contributed by atoms with Gasteiger partial charge in [0.25, 0.3) is 0 Å². The van der Waals surface area contributed by atoms with Crippen LogP contribution in [0.1, 0.15) is 30.4 Å². The third kappa shape index (κ3) is 5.53. The molecule has 1 aromatic rings. The molecule has 0 bridgehead atoms. The third-order valence-corrected chi connectivity index (χ3v) is 5.31. The lowest BCUT2D eigenvalue weighted by atomic mass is 9.97. The summed E-state index contributed by atoms with van der Waals surface area (Å²) in [5.41, 5.74) is 2.23. The summed E-state index contributed by atoms with van der Waals surface area (Å²) in [6.07, 6.45) is 3.67. The highest BCUT2D eigenvalue weighted by Crippen LogP contribution is 2.22. The Morgan fingerprint density at radius 2 is 2.00 bits per heavy atom. The van der Waals surface area contributed by atoms with Crippen LogP contribution in [0.25, 0.3) is 0 Å². The molecule has 25 heavy (non-hydrogen) atoms. The molecule has 1 aromatic carbocycles. The van der Waals surface area contributed by atoms with Gasteiger partial charge in [0.2, 0.25) is 5.91 Å². The van der Waals surface area contributed by atoms with Crippen molar-refractivity contribution >= 4 is 5.91 Å². The van der Waals surface area contributed by atoms with Gasteiger partial charge in [-0.2, -0.15) is 0 Å². The first kappa shape index (κ1) is 18.4. The number of benzene rings is 1. The molecule has 2 fully saturated rings. The summed E-state index contributed by atoms with van der Waals surface area (Å²) in [5.74, 6) is 0.844. The predicted octanol–water partition coefficient (Wildman–Crippen LogP) is 1.68. The summed E-state index contributed by atoms with van der Waals surface area (Å²) in [6, 6.07) is 8.14. The van der Waals surface area contributed by atoms with Crippen LogP contribution in [-0.4, -0.2) is 66.8 Å². The fourth-order valence-corrected chi connectivity index (χ4v) is 3.85. The number of amides is 1. The Labute approximate surface area is 150 Å². The summed E-state index contributed by atoms with van der Waals surface area (Å²) in [5, 5.41) is 9.25. The smallest absolute Gasteiger partial charge is 0.222 e. The molecule has 1 N–H and O–H groups in total. The van der Waals surface area contributed by atoms with Crippen LogP contribution >= 0.6 is 0 Å². The lowest BCUT2D eigenvalue weighted by molar-refractivity contribution is -0.130. The minimum absolute atomic E-state index is 0.0895. The monoisotopic (exact) mass is 346 g/mol. The maximum Gasteiger partial charge on any atom is 0.222 e. The number of aliphatic hydroxyl groups excluding tert-OH is 1.